The average molecular weight is 243 g/mol. The summed E-state index contributed by atoms with van der Waals surface area (Å²) in [5.41, 5.74) is 9.11. The number of primary amides is 1. The van der Waals surface area contributed by atoms with Crippen LogP contribution in [0, 0.1) is 0 Å². The smallest absolute Gasteiger partial charge is 0.271 e. The van der Waals surface area contributed by atoms with Crippen LogP contribution in [0.3, 0.4) is 0 Å². The molecule has 1 aliphatic heterocycles. The molecule has 0 atom stereocenters. The lowest BCUT2D eigenvalue weighted by Crippen LogP contribution is -2.15. The first kappa shape index (κ1) is 10.8. The van der Waals surface area contributed by atoms with E-state index in [1.165, 1.54) is 5.56 Å². The molecule has 4 N–H and O–H groups in total. The zero-order valence-corrected chi connectivity index (χ0v) is 9.73. The van der Waals surface area contributed by atoms with E-state index in [0.717, 1.165) is 30.6 Å². The van der Waals surface area contributed by atoms with Crippen LogP contribution < -0.4 is 11.1 Å². The molecule has 0 fully saturated rings. The van der Waals surface area contributed by atoms with Gasteiger partial charge in [0.1, 0.15) is 5.69 Å². The topological polar surface area (TPSA) is 96.7 Å². The monoisotopic (exact) mass is 243 g/mol. The van der Waals surface area contributed by atoms with Gasteiger partial charge in [-0.25, -0.2) is 0 Å². The molecule has 2 aromatic rings. The third kappa shape index (κ3) is 1.62. The highest BCUT2D eigenvalue weighted by atomic mass is 16.1. The van der Waals surface area contributed by atoms with Gasteiger partial charge in [0.25, 0.3) is 5.91 Å². The first-order valence-corrected chi connectivity index (χ1v) is 5.84. The number of aryl methyl sites for hydroxylation is 1. The second-order valence-electron chi connectivity index (χ2n) is 4.26. The number of benzene rings is 1. The van der Waals surface area contributed by atoms with E-state index < -0.39 is 5.91 Å². The minimum Gasteiger partial charge on any atom is -0.384 e. The number of hydrogen-bond donors (Lipinski definition) is 3. The van der Waals surface area contributed by atoms with Gasteiger partial charge >= 0.3 is 0 Å². The number of carbonyl (C=O) groups excluding carboxylic acids is 1. The number of nitrogens with zero attached hydrogens (tertiary/aromatic N) is 2. The van der Waals surface area contributed by atoms with Crippen molar-refractivity contribution in [2.45, 2.75) is 12.8 Å². The zero-order chi connectivity index (χ0) is 12.5. The number of nitrogens with two attached hydrogens (primary N) is 1. The number of fused-ring (bicyclic) bond motifs is 1. The Labute approximate surface area is 104 Å². The molecule has 0 unspecified atom stereocenters. The number of amides is 1. The molecule has 0 saturated heterocycles. The van der Waals surface area contributed by atoms with Gasteiger partial charge in [0.2, 0.25) is 0 Å². The fraction of sp³-hybridized carbons (Fsp3) is 0.250. The van der Waals surface area contributed by atoms with E-state index in [-0.39, 0.29) is 5.69 Å². The van der Waals surface area contributed by atoms with Crippen LogP contribution in [0.5, 0.6) is 0 Å². The van der Waals surface area contributed by atoms with Crippen LogP contribution in [-0.4, -0.2) is 27.9 Å². The minimum atomic E-state index is -0.577. The van der Waals surface area contributed by atoms with Crippen molar-refractivity contribution in [2.24, 2.45) is 5.73 Å². The fourth-order valence-electron chi connectivity index (χ4n) is 2.30. The van der Waals surface area contributed by atoms with E-state index in [9.17, 15) is 4.79 Å². The maximum atomic E-state index is 11.3. The van der Waals surface area contributed by atoms with Crippen molar-refractivity contribution in [3.63, 3.8) is 0 Å². The molecule has 0 aliphatic carbocycles. The summed E-state index contributed by atoms with van der Waals surface area (Å²) in [5.74, 6) is -0.577. The highest BCUT2D eigenvalue weighted by Gasteiger charge is 2.20. The first-order chi connectivity index (χ1) is 8.77. The Bertz CT molecular complexity index is 604. The molecule has 2 heterocycles. The Morgan fingerprint density at radius 3 is 3.06 bits per heavy atom. The molecule has 0 spiro atoms. The summed E-state index contributed by atoms with van der Waals surface area (Å²) in [6, 6.07) is 5.96. The number of nitrogens with one attached hydrogen (secondary N) is 2. The lowest BCUT2D eigenvalue weighted by atomic mass is 9.97. The molecular formula is C12H13N5O. The van der Waals surface area contributed by atoms with Crippen molar-refractivity contribution in [3.05, 3.63) is 29.5 Å². The molecule has 6 nitrogen and oxygen atoms in total. The second kappa shape index (κ2) is 4.14. The minimum absolute atomic E-state index is 0.177. The Hall–Kier alpha value is -2.37. The number of H-pyrrole nitrogens is 1. The maximum absolute atomic E-state index is 11.3. The zero-order valence-electron chi connectivity index (χ0n) is 9.73. The van der Waals surface area contributed by atoms with Crippen LogP contribution in [0.25, 0.3) is 11.3 Å². The third-order valence-corrected chi connectivity index (χ3v) is 3.11. The molecule has 92 valence electrons. The molecule has 1 amide bonds. The predicted molar refractivity (Wildman–Crippen MR) is 67.1 cm³/mol. The van der Waals surface area contributed by atoms with Gasteiger partial charge in [0, 0.05) is 17.8 Å². The second-order valence-corrected chi connectivity index (χ2v) is 4.26. The lowest BCUT2D eigenvalue weighted by Gasteiger charge is -2.20. The number of hydrogen-bond acceptors (Lipinski definition) is 4. The largest absolute Gasteiger partial charge is 0.384 e. The Kier molecular flexibility index (Phi) is 2.47. The molecule has 3 rings (SSSR count). The molecule has 0 saturated carbocycles. The summed E-state index contributed by atoms with van der Waals surface area (Å²) < 4.78 is 0. The molecule has 1 aromatic carbocycles. The van der Waals surface area contributed by atoms with Crippen LogP contribution in [0.4, 0.5) is 5.69 Å². The summed E-state index contributed by atoms with van der Waals surface area (Å²) in [4.78, 5) is 11.3. The number of aromatic nitrogens is 3. The summed E-state index contributed by atoms with van der Waals surface area (Å²) in [7, 11) is 0. The van der Waals surface area contributed by atoms with E-state index in [4.69, 9.17) is 5.73 Å². The van der Waals surface area contributed by atoms with E-state index in [2.05, 4.69) is 26.8 Å². The number of anilines is 1. The molecule has 18 heavy (non-hydrogen) atoms. The highest BCUT2D eigenvalue weighted by molar-refractivity contribution is 5.98. The van der Waals surface area contributed by atoms with Crippen LogP contribution in [-0.2, 0) is 6.42 Å². The van der Waals surface area contributed by atoms with Gasteiger partial charge in [-0.1, -0.05) is 18.2 Å². The summed E-state index contributed by atoms with van der Waals surface area (Å²) >= 11 is 0. The van der Waals surface area contributed by atoms with Gasteiger partial charge in [0.15, 0.2) is 5.69 Å². The van der Waals surface area contributed by atoms with Crippen LogP contribution in [0.1, 0.15) is 22.5 Å². The average Bonchev–Trinajstić information content (AvgIpc) is 2.87. The Morgan fingerprint density at radius 1 is 1.33 bits per heavy atom. The fourth-order valence-corrected chi connectivity index (χ4v) is 2.30. The van der Waals surface area contributed by atoms with Crippen molar-refractivity contribution < 1.29 is 4.79 Å². The SMILES string of the molecule is NC(=O)c1n[nH]nc1-c1cccc2c1NCCC2. The first-order valence-electron chi connectivity index (χ1n) is 5.84. The summed E-state index contributed by atoms with van der Waals surface area (Å²) in [6.07, 6.45) is 2.14. The van der Waals surface area contributed by atoms with Gasteiger partial charge in [-0.2, -0.15) is 15.4 Å². The van der Waals surface area contributed by atoms with E-state index in [0.29, 0.717) is 5.69 Å². The number of carbonyl (C=O) groups is 1. The standard InChI is InChI=1S/C12H13N5O/c13-12(18)11-10(15-17-16-11)8-5-1-3-7-4-2-6-14-9(7)8/h1,3,5,14H,2,4,6H2,(H2,13,18)(H,15,16,17). The van der Waals surface area contributed by atoms with E-state index in [1.54, 1.807) is 0 Å². The van der Waals surface area contributed by atoms with Crippen molar-refractivity contribution in [1.82, 2.24) is 15.4 Å². The van der Waals surface area contributed by atoms with Gasteiger partial charge in [-0.05, 0) is 18.4 Å². The van der Waals surface area contributed by atoms with Crippen molar-refractivity contribution >= 4 is 11.6 Å². The number of aromatic amines is 1. The molecular weight excluding hydrogens is 230 g/mol. The van der Waals surface area contributed by atoms with Gasteiger partial charge in [0.05, 0.1) is 0 Å². The predicted octanol–water partition coefficient (Wildman–Crippen LogP) is 0.929. The van der Waals surface area contributed by atoms with E-state index in [1.807, 2.05) is 12.1 Å². The van der Waals surface area contributed by atoms with Crippen LogP contribution in [0.2, 0.25) is 0 Å². The number of para-hydroxylation sites is 1. The van der Waals surface area contributed by atoms with Crippen LogP contribution in [0.15, 0.2) is 18.2 Å². The summed E-state index contributed by atoms with van der Waals surface area (Å²) in [6.45, 7) is 0.924. The molecule has 1 aliphatic rings. The molecule has 1 aromatic heterocycles. The van der Waals surface area contributed by atoms with E-state index >= 15 is 0 Å². The van der Waals surface area contributed by atoms with Crippen molar-refractivity contribution in [2.75, 3.05) is 11.9 Å². The normalized spacial score (nSPS) is 13.8. The van der Waals surface area contributed by atoms with Crippen LogP contribution >= 0.6 is 0 Å². The Balaban J connectivity index is 2.17. The number of rotatable bonds is 2. The highest BCUT2D eigenvalue weighted by Crippen LogP contribution is 2.33. The molecule has 0 bridgehead atoms. The Morgan fingerprint density at radius 2 is 2.22 bits per heavy atom. The lowest BCUT2D eigenvalue weighted by molar-refractivity contribution is 0.0996. The molecule has 6 heteroatoms. The van der Waals surface area contributed by atoms with Gasteiger partial charge < -0.3 is 11.1 Å². The van der Waals surface area contributed by atoms with Crippen molar-refractivity contribution in [3.8, 4) is 11.3 Å². The third-order valence-electron chi connectivity index (χ3n) is 3.11. The quantitative estimate of drug-likeness (QED) is 0.731. The van der Waals surface area contributed by atoms with Crippen molar-refractivity contribution in [1.29, 1.82) is 0 Å². The summed E-state index contributed by atoms with van der Waals surface area (Å²) in [5, 5.41) is 13.6. The molecule has 0 radical (unpaired) electrons. The van der Waals surface area contributed by atoms with Gasteiger partial charge in [-0.15, -0.1) is 0 Å². The maximum Gasteiger partial charge on any atom is 0.271 e. The van der Waals surface area contributed by atoms with Gasteiger partial charge in [-0.3, -0.25) is 4.79 Å².